The number of nitrogens with two attached hydrogens (primary N) is 1. The quantitative estimate of drug-likeness (QED) is 0.933. The van der Waals surface area contributed by atoms with Gasteiger partial charge in [-0.1, -0.05) is 12.1 Å². The van der Waals surface area contributed by atoms with E-state index in [2.05, 4.69) is 28.0 Å². The highest BCUT2D eigenvalue weighted by molar-refractivity contribution is 9.10. The number of hydrogen-bond donors (Lipinski definition) is 1. The number of anilines is 1. The second kappa shape index (κ2) is 5.52. The third-order valence-electron chi connectivity index (χ3n) is 2.85. The summed E-state index contributed by atoms with van der Waals surface area (Å²) in [4.78, 5) is 0. The van der Waals surface area contributed by atoms with Crippen molar-refractivity contribution in [3.8, 4) is 22.8 Å². The lowest BCUT2D eigenvalue weighted by Gasteiger charge is -2.15. The van der Waals surface area contributed by atoms with Crippen LogP contribution in [0.25, 0.3) is 11.3 Å². The first-order valence-corrected chi connectivity index (χ1v) is 6.57. The minimum atomic E-state index is 0.254. The number of rotatable bonds is 4. The van der Waals surface area contributed by atoms with E-state index < -0.39 is 0 Å². The minimum Gasteiger partial charge on any atom is -0.493 e. The summed E-state index contributed by atoms with van der Waals surface area (Å²) in [6.45, 7) is 2.06. The zero-order chi connectivity index (χ0) is 14.0. The first kappa shape index (κ1) is 13.7. The summed E-state index contributed by atoms with van der Waals surface area (Å²) in [5.41, 5.74) is 8.06. The lowest BCUT2D eigenvalue weighted by Crippen LogP contribution is -1.98. The lowest BCUT2D eigenvalue weighted by molar-refractivity contribution is 0.355. The largest absolute Gasteiger partial charge is 0.493 e. The summed E-state index contributed by atoms with van der Waals surface area (Å²) in [5, 5.41) is 3.94. The van der Waals surface area contributed by atoms with Crippen LogP contribution in [0.4, 0.5) is 5.88 Å². The molecule has 0 radical (unpaired) electrons. The summed E-state index contributed by atoms with van der Waals surface area (Å²) < 4.78 is 16.6. The highest BCUT2D eigenvalue weighted by Crippen LogP contribution is 2.45. The minimum absolute atomic E-state index is 0.254. The summed E-state index contributed by atoms with van der Waals surface area (Å²) >= 11 is 3.58. The maximum absolute atomic E-state index is 5.58. The highest BCUT2D eigenvalue weighted by atomic mass is 79.9. The summed E-state index contributed by atoms with van der Waals surface area (Å²) in [6.07, 6.45) is 0.848. The second-order valence-electron chi connectivity index (χ2n) is 3.93. The van der Waals surface area contributed by atoms with Crippen LogP contribution in [0, 0.1) is 0 Å². The van der Waals surface area contributed by atoms with Crippen molar-refractivity contribution in [3.63, 3.8) is 0 Å². The van der Waals surface area contributed by atoms with Crippen molar-refractivity contribution in [3.05, 3.63) is 22.2 Å². The molecule has 19 heavy (non-hydrogen) atoms. The van der Waals surface area contributed by atoms with E-state index in [4.69, 9.17) is 19.7 Å². The molecule has 0 fully saturated rings. The van der Waals surface area contributed by atoms with Gasteiger partial charge in [-0.3, -0.25) is 0 Å². The molecule has 0 aliphatic heterocycles. The average Bonchev–Trinajstić information content (AvgIpc) is 2.84. The standard InChI is InChI=1S/C13H15BrN2O3/c1-4-7-5-9(17-2)13(18-3)11(12(7)14)8-6-10(15)19-16-8/h5-6H,4,15H2,1-3H3. The molecule has 6 heteroatoms. The van der Waals surface area contributed by atoms with Crippen molar-refractivity contribution in [2.75, 3.05) is 20.0 Å². The maximum Gasteiger partial charge on any atom is 0.222 e. The van der Waals surface area contributed by atoms with Gasteiger partial charge < -0.3 is 19.7 Å². The van der Waals surface area contributed by atoms with E-state index in [1.54, 1.807) is 20.3 Å². The van der Waals surface area contributed by atoms with Crippen LogP contribution in [-0.2, 0) is 6.42 Å². The molecule has 2 N–H and O–H groups in total. The van der Waals surface area contributed by atoms with Gasteiger partial charge in [-0.2, -0.15) is 0 Å². The number of benzene rings is 1. The molecule has 0 unspecified atom stereocenters. The number of halogens is 1. The zero-order valence-electron chi connectivity index (χ0n) is 11.0. The average molecular weight is 327 g/mol. The first-order chi connectivity index (χ1) is 9.12. The van der Waals surface area contributed by atoms with Crippen molar-refractivity contribution in [2.24, 2.45) is 0 Å². The summed E-state index contributed by atoms with van der Waals surface area (Å²) in [7, 11) is 3.19. The highest BCUT2D eigenvalue weighted by Gasteiger charge is 2.21. The van der Waals surface area contributed by atoms with E-state index in [-0.39, 0.29) is 5.88 Å². The normalized spacial score (nSPS) is 10.5. The number of nitrogens with zero attached hydrogens (tertiary/aromatic N) is 1. The van der Waals surface area contributed by atoms with Gasteiger partial charge in [-0.15, -0.1) is 0 Å². The van der Waals surface area contributed by atoms with Gasteiger partial charge in [0.15, 0.2) is 11.5 Å². The topological polar surface area (TPSA) is 70.5 Å². The lowest BCUT2D eigenvalue weighted by atomic mass is 10.0. The van der Waals surface area contributed by atoms with Crippen molar-refractivity contribution in [2.45, 2.75) is 13.3 Å². The van der Waals surface area contributed by atoms with Crippen LogP contribution in [0.15, 0.2) is 21.1 Å². The Morgan fingerprint density at radius 3 is 2.53 bits per heavy atom. The van der Waals surface area contributed by atoms with Crippen molar-refractivity contribution < 1.29 is 14.0 Å². The van der Waals surface area contributed by atoms with E-state index in [1.165, 1.54) is 0 Å². The number of ether oxygens (including phenoxy) is 2. The van der Waals surface area contributed by atoms with Gasteiger partial charge in [-0.05, 0) is 34.0 Å². The monoisotopic (exact) mass is 326 g/mol. The predicted octanol–water partition coefficient (Wildman–Crippen LogP) is 3.27. The molecule has 1 heterocycles. The molecule has 0 saturated heterocycles. The zero-order valence-corrected chi connectivity index (χ0v) is 12.6. The van der Waals surface area contributed by atoms with E-state index in [9.17, 15) is 0 Å². The van der Waals surface area contributed by atoms with Gasteiger partial charge in [0, 0.05) is 10.5 Å². The first-order valence-electron chi connectivity index (χ1n) is 5.78. The van der Waals surface area contributed by atoms with Crippen molar-refractivity contribution >= 4 is 21.8 Å². The second-order valence-corrected chi connectivity index (χ2v) is 4.72. The third kappa shape index (κ3) is 2.40. The fourth-order valence-corrected chi connectivity index (χ4v) is 2.70. The molecular weight excluding hydrogens is 312 g/mol. The van der Waals surface area contributed by atoms with Crippen LogP contribution in [0.1, 0.15) is 12.5 Å². The molecule has 1 aromatic carbocycles. The van der Waals surface area contributed by atoms with Crippen LogP contribution in [0.3, 0.4) is 0 Å². The molecule has 0 amide bonds. The van der Waals surface area contributed by atoms with Gasteiger partial charge >= 0.3 is 0 Å². The van der Waals surface area contributed by atoms with Crippen LogP contribution < -0.4 is 15.2 Å². The Hall–Kier alpha value is -1.69. The van der Waals surface area contributed by atoms with Crippen molar-refractivity contribution in [1.82, 2.24) is 5.16 Å². The molecule has 0 bridgehead atoms. The van der Waals surface area contributed by atoms with Gasteiger partial charge in [0.1, 0.15) is 5.69 Å². The Labute approximate surface area is 119 Å². The number of methoxy groups -OCH3 is 2. The van der Waals surface area contributed by atoms with Crippen LogP contribution >= 0.6 is 15.9 Å². The molecule has 0 saturated carbocycles. The van der Waals surface area contributed by atoms with Crippen LogP contribution in [0.2, 0.25) is 0 Å². The Kier molecular flexibility index (Phi) is 3.99. The van der Waals surface area contributed by atoms with E-state index in [0.717, 1.165) is 22.0 Å². The number of nitrogen functional groups attached to an aromatic ring is 1. The molecule has 0 aliphatic carbocycles. The maximum atomic E-state index is 5.58. The van der Waals surface area contributed by atoms with Gasteiger partial charge in [0.2, 0.25) is 5.88 Å². The van der Waals surface area contributed by atoms with E-state index in [1.807, 2.05) is 6.07 Å². The predicted molar refractivity (Wildman–Crippen MR) is 76.5 cm³/mol. The Morgan fingerprint density at radius 2 is 2.05 bits per heavy atom. The van der Waals surface area contributed by atoms with Crippen LogP contribution in [0.5, 0.6) is 11.5 Å². The smallest absolute Gasteiger partial charge is 0.222 e. The molecule has 2 rings (SSSR count). The van der Waals surface area contributed by atoms with Gasteiger partial charge in [0.05, 0.1) is 19.8 Å². The fourth-order valence-electron chi connectivity index (χ4n) is 1.92. The van der Waals surface area contributed by atoms with E-state index >= 15 is 0 Å². The number of aryl methyl sites for hydroxylation is 1. The Balaban J connectivity index is 2.75. The van der Waals surface area contributed by atoms with Gasteiger partial charge in [0.25, 0.3) is 0 Å². The van der Waals surface area contributed by atoms with Crippen molar-refractivity contribution in [1.29, 1.82) is 0 Å². The Bertz CT molecular complexity index is 596. The van der Waals surface area contributed by atoms with Crippen LogP contribution in [-0.4, -0.2) is 19.4 Å². The third-order valence-corrected chi connectivity index (χ3v) is 3.75. The molecule has 5 nitrogen and oxygen atoms in total. The number of hydrogen-bond acceptors (Lipinski definition) is 5. The molecule has 0 spiro atoms. The SMILES string of the molecule is CCc1cc(OC)c(OC)c(-c2cc(N)on2)c1Br. The molecule has 0 aliphatic rings. The number of aromatic nitrogens is 1. The summed E-state index contributed by atoms with van der Waals surface area (Å²) in [5.74, 6) is 1.50. The summed E-state index contributed by atoms with van der Waals surface area (Å²) in [6, 6.07) is 3.59. The molecule has 2 aromatic rings. The Morgan fingerprint density at radius 1 is 1.32 bits per heavy atom. The van der Waals surface area contributed by atoms with Gasteiger partial charge in [-0.25, -0.2) is 0 Å². The molecular formula is C13H15BrN2O3. The molecule has 102 valence electrons. The molecule has 1 aromatic heterocycles. The van der Waals surface area contributed by atoms with E-state index in [0.29, 0.717) is 17.2 Å². The molecule has 0 atom stereocenters. The fraction of sp³-hybridized carbons (Fsp3) is 0.308.